The first-order valence-electron chi connectivity index (χ1n) is 7.96. The monoisotopic (exact) mass is 454 g/mol. The third-order valence-electron chi connectivity index (χ3n) is 3.84. The van der Waals surface area contributed by atoms with Crippen LogP contribution in [-0.2, 0) is 0 Å². The van der Waals surface area contributed by atoms with Gasteiger partial charge in [0.15, 0.2) is 17.4 Å². The zero-order valence-corrected chi connectivity index (χ0v) is 14.6. The van der Waals surface area contributed by atoms with Gasteiger partial charge >= 0.3 is 7.12 Å². The third-order valence-corrected chi connectivity index (χ3v) is 3.84. The van der Waals surface area contributed by atoms with Gasteiger partial charge in [-0.15, -0.1) is 0 Å². The molecule has 0 spiro atoms. The molecule has 0 aromatic heterocycles. The van der Waals surface area contributed by atoms with Crippen molar-refractivity contribution >= 4 is 12.6 Å². The summed E-state index contributed by atoms with van der Waals surface area (Å²) in [5.74, 6) is -23.8. The van der Waals surface area contributed by atoms with Gasteiger partial charge in [0, 0.05) is 11.5 Å². The lowest BCUT2D eigenvalue weighted by Gasteiger charge is -2.19. The summed E-state index contributed by atoms with van der Waals surface area (Å²) in [6.45, 7) is 0. The third kappa shape index (κ3) is 4.12. The van der Waals surface area contributed by atoms with E-state index < -0.39 is 82.3 Å². The number of halogens is 10. The molecule has 2 nitrogen and oxygen atoms in total. The molecule has 0 saturated heterocycles. The number of hydrogen-bond donors (Lipinski definition) is 0. The van der Waals surface area contributed by atoms with E-state index in [-0.39, 0.29) is 6.07 Å². The largest absolute Gasteiger partial charge is 0.635 e. The molecule has 0 fully saturated rings. The lowest BCUT2D eigenvalue weighted by Crippen LogP contribution is -2.45. The topological polar surface area (TPSA) is 18.5 Å². The van der Waals surface area contributed by atoms with Crippen LogP contribution in [0.5, 0.6) is 11.5 Å². The van der Waals surface area contributed by atoms with E-state index in [9.17, 15) is 43.9 Å². The van der Waals surface area contributed by atoms with Crippen LogP contribution in [0, 0.1) is 58.2 Å². The van der Waals surface area contributed by atoms with Crippen molar-refractivity contribution < 1.29 is 53.2 Å². The Labute approximate surface area is 166 Å². The molecule has 0 unspecified atom stereocenters. The Morgan fingerprint density at radius 1 is 0.516 bits per heavy atom. The van der Waals surface area contributed by atoms with Gasteiger partial charge in [0.05, 0.1) is 0 Å². The van der Waals surface area contributed by atoms with Crippen molar-refractivity contribution in [1.29, 1.82) is 0 Å². The molecular formula is C18H5BF10O2. The Kier molecular flexibility index (Phi) is 6.05. The molecule has 0 bridgehead atoms. The lowest BCUT2D eigenvalue weighted by molar-refractivity contribution is 0.330. The van der Waals surface area contributed by atoms with Crippen LogP contribution < -0.4 is 14.8 Å². The van der Waals surface area contributed by atoms with Crippen molar-refractivity contribution in [2.24, 2.45) is 0 Å². The quantitative estimate of drug-likeness (QED) is 0.236. The molecule has 3 aromatic carbocycles. The van der Waals surface area contributed by atoms with Gasteiger partial charge in [-0.2, -0.15) is 13.2 Å². The fourth-order valence-corrected chi connectivity index (χ4v) is 2.35. The van der Waals surface area contributed by atoms with E-state index in [0.29, 0.717) is 24.3 Å². The van der Waals surface area contributed by atoms with Gasteiger partial charge in [0.2, 0.25) is 34.9 Å². The molecule has 0 amide bonds. The predicted octanol–water partition coefficient (Wildman–Crippen LogP) is 4.93. The highest BCUT2D eigenvalue weighted by molar-refractivity contribution is 6.62. The highest BCUT2D eigenvalue weighted by atomic mass is 19.2. The molecule has 0 radical (unpaired) electrons. The molecule has 0 atom stereocenters. The van der Waals surface area contributed by atoms with E-state index in [4.69, 9.17) is 4.65 Å². The average Bonchev–Trinajstić information content (AvgIpc) is 2.73. The summed E-state index contributed by atoms with van der Waals surface area (Å²) in [5, 5.41) is 0. The van der Waals surface area contributed by atoms with Gasteiger partial charge < -0.3 is 9.31 Å². The molecule has 0 heterocycles. The number of rotatable bonds is 5. The maximum atomic E-state index is 14.2. The van der Waals surface area contributed by atoms with Gasteiger partial charge in [-0.3, -0.25) is 0 Å². The lowest BCUT2D eigenvalue weighted by atomic mass is 9.78. The van der Waals surface area contributed by atoms with Crippen LogP contribution in [0.2, 0.25) is 0 Å². The van der Waals surface area contributed by atoms with Crippen LogP contribution in [-0.4, -0.2) is 7.12 Å². The van der Waals surface area contributed by atoms with E-state index >= 15 is 0 Å². The predicted molar refractivity (Wildman–Crippen MR) is 85.5 cm³/mol. The van der Waals surface area contributed by atoms with Crippen LogP contribution >= 0.6 is 0 Å². The minimum Gasteiger partial charge on any atom is -0.520 e. The summed E-state index contributed by atoms with van der Waals surface area (Å²) < 4.78 is 145. The van der Waals surface area contributed by atoms with E-state index in [1.165, 1.54) is 0 Å². The molecular weight excluding hydrogens is 449 g/mol. The Morgan fingerprint density at radius 3 is 1.68 bits per heavy atom. The van der Waals surface area contributed by atoms with Gasteiger partial charge in [0.25, 0.3) is 0 Å². The zero-order chi connectivity index (χ0) is 23.0. The molecule has 31 heavy (non-hydrogen) atoms. The molecule has 3 aromatic rings. The van der Waals surface area contributed by atoms with Crippen molar-refractivity contribution in [2.45, 2.75) is 0 Å². The summed E-state index contributed by atoms with van der Waals surface area (Å²) in [6, 6.07) is 2.25. The molecule has 0 aliphatic heterocycles. The first kappa shape index (κ1) is 22.3. The van der Waals surface area contributed by atoms with Crippen LogP contribution in [0.15, 0.2) is 30.3 Å². The average molecular weight is 454 g/mol. The summed E-state index contributed by atoms with van der Waals surface area (Å²) in [4.78, 5) is 0. The maximum Gasteiger partial charge on any atom is 0.635 e. The van der Waals surface area contributed by atoms with E-state index in [1.54, 1.807) is 0 Å². The van der Waals surface area contributed by atoms with E-state index in [0.717, 1.165) is 0 Å². The van der Waals surface area contributed by atoms with Crippen LogP contribution in [0.4, 0.5) is 43.9 Å². The molecule has 0 aliphatic rings. The van der Waals surface area contributed by atoms with Crippen LogP contribution in [0.1, 0.15) is 0 Å². The van der Waals surface area contributed by atoms with Gasteiger partial charge in [-0.05, 0) is 18.2 Å². The normalized spacial score (nSPS) is 10.9. The molecule has 0 aliphatic carbocycles. The highest BCUT2D eigenvalue weighted by Gasteiger charge is 2.36. The second-order valence-electron chi connectivity index (χ2n) is 5.81. The van der Waals surface area contributed by atoms with Gasteiger partial charge in [0.1, 0.15) is 17.4 Å². The fraction of sp³-hybridized carbons (Fsp3) is 0. The Hall–Kier alpha value is -3.38. The fourth-order valence-electron chi connectivity index (χ4n) is 2.35. The Morgan fingerprint density at radius 2 is 1.10 bits per heavy atom. The summed E-state index contributed by atoms with van der Waals surface area (Å²) in [7, 11) is -2.53. The number of hydrogen-bond acceptors (Lipinski definition) is 2. The first-order chi connectivity index (χ1) is 14.5. The van der Waals surface area contributed by atoms with Crippen molar-refractivity contribution in [1.82, 2.24) is 0 Å². The van der Waals surface area contributed by atoms with Gasteiger partial charge in [-0.25, -0.2) is 30.7 Å². The van der Waals surface area contributed by atoms with E-state index in [2.05, 4.69) is 4.65 Å². The van der Waals surface area contributed by atoms with Crippen molar-refractivity contribution in [3.8, 4) is 11.5 Å². The molecule has 0 N–H and O–H groups in total. The standard InChI is InChI=1S/C18H5BF10O2/c20-6-1-2-7(9(22)5-6)19(30-10-4-3-8(21)11(23)12(10)24)31-18-16(28)14(26)13(25)15(27)17(18)29/h1-5H. The zero-order valence-electron chi connectivity index (χ0n) is 14.6. The van der Waals surface area contributed by atoms with Crippen molar-refractivity contribution in [2.75, 3.05) is 0 Å². The molecule has 162 valence electrons. The van der Waals surface area contributed by atoms with E-state index in [1.807, 2.05) is 0 Å². The van der Waals surface area contributed by atoms with Crippen LogP contribution in [0.3, 0.4) is 0 Å². The van der Waals surface area contributed by atoms with Crippen molar-refractivity contribution in [3.63, 3.8) is 0 Å². The Balaban J connectivity index is 2.13. The van der Waals surface area contributed by atoms with Gasteiger partial charge in [-0.1, -0.05) is 6.07 Å². The van der Waals surface area contributed by atoms with Crippen molar-refractivity contribution in [3.05, 3.63) is 88.5 Å². The summed E-state index contributed by atoms with van der Waals surface area (Å²) in [5.41, 5.74) is -0.908. The minimum atomic E-state index is -2.53. The SMILES string of the molecule is Fc1ccc(B(Oc2ccc(F)c(F)c2F)Oc2c(F)c(F)c(F)c(F)c2F)c(F)c1. The summed E-state index contributed by atoms with van der Waals surface area (Å²) in [6.07, 6.45) is 0. The molecule has 13 heteroatoms. The number of benzene rings is 3. The first-order valence-corrected chi connectivity index (χ1v) is 7.96. The van der Waals surface area contributed by atoms with Crippen LogP contribution in [0.25, 0.3) is 0 Å². The molecule has 3 rings (SSSR count). The minimum absolute atomic E-state index is 0.231. The second-order valence-corrected chi connectivity index (χ2v) is 5.81. The smallest absolute Gasteiger partial charge is 0.520 e. The maximum absolute atomic E-state index is 14.2. The highest BCUT2D eigenvalue weighted by Crippen LogP contribution is 2.30. The Bertz CT molecular complexity index is 1140. The molecule has 0 saturated carbocycles. The second kappa shape index (κ2) is 8.40. The summed E-state index contributed by atoms with van der Waals surface area (Å²) >= 11 is 0.